The molecule has 1 aromatic carbocycles. The number of hydrogen-bond acceptors (Lipinski definition) is 2. The Morgan fingerprint density at radius 2 is 1.94 bits per heavy atom. The fraction of sp³-hybridized carbons (Fsp3) is 0.625. The first kappa shape index (κ1) is 13.4. The van der Waals surface area contributed by atoms with E-state index in [-0.39, 0.29) is 6.04 Å². The molecule has 0 amide bonds. The number of benzene rings is 1. The second-order valence-corrected chi connectivity index (χ2v) is 5.56. The highest BCUT2D eigenvalue weighted by molar-refractivity contribution is 5.29. The molecule has 1 aliphatic rings. The lowest BCUT2D eigenvalue weighted by Crippen LogP contribution is -2.18. The highest BCUT2D eigenvalue weighted by Gasteiger charge is 2.13. The van der Waals surface area contributed by atoms with Gasteiger partial charge in [0, 0.05) is 6.04 Å². The van der Waals surface area contributed by atoms with Crippen molar-refractivity contribution < 1.29 is 4.74 Å². The van der Waals surface area contributed by atoms with Gasteiger partial charge in [-0.05, 0) is 56.7 Å². The molecular weight excluding hydrogens is 222 g/mol. The lowest BCUT2D eigenvalue weighted by atomic mass is 10.1. The van der Waals surface area contributed by atoms with Gasteiger partial charge in [-0.1, -0.05) is 25.0 Å². The molecule has 100 valence electrons. The molecule has 1 saturated carbocycles. The Kier molecular flexibility index (Phi) is 5.06. The number of ether oxygens (including phenoxy) is 1. The molecule has 0 aromatic heterocycles. The van der Waals surface area contributed by atoms with E-state index in [0.717, 1.165) is 12.2 Å². The maximum absolute atomic E-state index is 6.12. The molecule has 1 aromatic rings. The summed E-state index contributed by atoms with van der Waals surface area (Å²) in [4.78, 5) is 0. The third kappa shape index (κ3) is 4.34. The minimum absolute atomic E-state index is 0.207. The first-order chi connectivity index (χ1) is 8.74. The SMILES string of the molecule is CC(N)Cc1cccc(OC2CCCCCC2)c1. The van der Waals surface area contributed by atoms with Gasteiger partial charge in [0.25, 0.3) is 0 Å². The monoisotopic (exact) mass is 247 g/mol. The summed E-state index contributed by atoms with van der Waals surface area (Å²) in [5, 5.41) is 0. The van der Waals surface area contributed by atoms with Crippen LogP contribution in [0.25, 0.3) is 0 Å². The summed E-state index contributed by atoms with van der Waals surface area (Å²) in [6.07, 6.45) is 9.10. The van der Waals surface area contributed by atoms with Crippen LogP contribution in [-0.4, -0.2) is 12.1 Å². The molecule has 2 N–H and O–H groups in total. The number of hydrogen-bond donors (Lipinski definition) is 1. The van der Waals surface area contributed by atoms with Gasteiger partial charge in [-0.15, -0.1) is 0 Å². The van der Waals surface area contributed by atoms with Crippen LogP contribution in [0.15, 0.2) is 24.3 Å². The lowest BCUT2D eigenvalue weighted by Gasteiger charge is -2.17. The molecule has 2 rings (SSSR count). The van der Waals surface area contributed by atoms with Gasteiger partial charge in [0.2, 0.25) is 0 Å². The van der Waals surface area contributed by atoms with E-state index in [1.54, 1.807) is 0 Å². The van der Waals surface area contributed by atoms with Gasteiger partial charge in [0.05, 0.1) is 6.10 Å². The van der Waals surface area contributed by atoms with Gasteiger partial charge < -0.3 is 10.5 Å². The van der Waals surface area contributed by atoms with Crippen LogP contribution in [0.2, 0.25) is 0 Å². The standard InChI is InChI=1S/C16H25NO/c1-13(17)11-14-7-6-10-16(12-14)18-15-8-4-2-3-5-9-15/h6-7,10,12-13,15H,2-5,8-9,11,17H2,1H3. The van der Waals surface area contributed by atoms with E-state index < -0.39 is 0 Å². The molecule has 1 unspecified atom stereocenters. The summed E-state index contributed by atoms with van der Waals surface area (Å²) in [5.74, 6) is 1.01. The summed E-state index contributed by atoms with van der Waals surface area (Å²) in [7, 11) is 0. The number of nitrogens with two attached hydrogens (primary N) is 1. The summed E-state index contributed by atoms with van der Waals surface area (Å²) >= 11 is 0. The smallest absolute Gasteiger partial charge is 0.119 e. The van der Waals surface area contributed by atoms with E-state index in [2.05, 4.69) is 24.3 Å². The topological polar surface area (TPSA) is 35.2 Å². The van der Waals surface area contributed by atoms with Crippen LogP contribution < -0.4 is 10.5 Å². The Bertz CT molecular complexity index is 354. The van der Waals surface area contributed by atoms with Gasteiger partial charge in [-0.25, -0.2) is 0 Å². The molecule has 0 bridgehead atoms. The fourth-order valence-electron chi connectivity index (χ4n) is 2.67. The van der Waals surface area contributed by atoms with E-state index in [9.17, 15) is 0 Å². The predicted octanol–water partition coefficient (Wildman–Crippen LogP) is 3.68. The van der Waals surface area contributed by atoms with E-state index in [0.29, 0.717) is 6.10 Å². The van der Waals surface area contributed by atoms with Crippen molar-refractivity contribution >= 4 is 0 Å². The van der Waals surface area contributed by atoms with Crippen molar-refractivity contribution in [3.63, 3.8) is 0 Å². The van der Waals surface area contributed by atoms with Gasteiger partial charge in [0.15, 0.2) is 0 Å². The third-order valence-corrected chi connectivity index (χ3v) is 3.56. The van der Waals surface area contributed by atoms with Crippen LogP contribution in [0, 0.1) is 0 Å². The van der Waals surface area contributed by atoms with Crippen molar-refractivity contribution in [1.29, 1.82) is 0 Å². The maximum Gasteiger partial charge on any atom is 0.119 e. The van der Waals surface area contributed by atoms with Crippen molar-refractivity contribution in [3.05, 3.63) is 29.8 Å². The highest BCUT2D eigenvalue weighted by Crippen LogP contribution is 2.23. The summed E-state index contributed by atoms with van der Waals surface area (Å²) in [6.45, 7) is 2.04. The van der Waals surface area contributed by atoms with Gasteiger partial charge in [-0.2, -0.15) is 0 Å². The second-order valence-electron chi connectivity index (χ2n) is 5.56. The average Bonchev–Trinajstić information content (AvgIpc) is 2.57. The molecule has 2 heteroatoms. The molecule has 1 fully saturated rings. The summed E-state index contributed by atoms with van der Waals surface area (Å²) < 4.78 is 6.12. The minimum Gasteiger partial charge on any atom is -0.490 e. The van der Waals surface area contributed by atoms with Crippen LogP contribution in [0.1, 0.15) is 51.0 Å². The van der Waals surface area contributed by atoms with Crippen molar-refractivity contribution in [1.82, 2.24) is 0 Å². The Morgan fingerprint density at radius 3 is 2.61 bits per heavy atom. The Labute approximate surface area is 111 Å². The molecule has 1 aliphatic carbocycles. The zero-order valence-electron chi connectivity index (χ0n) is 11.4. The Balaban J connectivity index is 1.95. The maximum atomic E-state index is 6.12. The lowest BCUT2D eigenvalue weighted by molar-refractivity contribution is 0.183. The largest absolute Gasteiger partial charge is 0.490 e. The highest BCUT2D eigenvalue weighted by atomic mass is 16.5. The van der Waals surface area contributed by atoms with Crippen molar-refractivity contribution in [2.45, 2.75) is 64.0 Å². The molecule has 0 saturated heterocycles. The zero-order chi connectivity index (χ0) is 12.8. The average molecular weight is 247 g/mol. The Morgan fingerprint density at radius 1 is 1.22 bits per heavy atom. The molecule has 0 spiro atoms. The van der Waals surface area contributed by atoms with E-state index in [1.165, 1.54) is 44.1 Å². The molecule has 0 radical (unpaired) electrons. The fourth-order valence-corrected chi connectivity index (χ4v) is 2.67. The molecule has 18 heavy (non-hydrogen) atoms. The van der Waals surface area contributed by atoms with Crippen molar-refractivity contribution in [3.8, 4) is 5.75 Å². The molecule has 1 atom stereocenters. The van der Waals surface area contributed by atoms with Crippen molar-refractivity contribution in [2.24, 2.45) is 5.73 Å². The van der Waals surface area contributed by atoms with Gasteiger partial charge in [-0.3, -0.25) is 0 Å². The minimum atomic E-state index is 0.207. The van der Waals surface area contributed by atoms with Crippen LogP contribution in [0.4, 0.5) is 0 Å². The third-order valence-electron chi connectivity index (χ3n) is 3.56. The first-order valence-electron chi connectivity index (χ1n) is 7.25. The summed E-state index contributed by atoms with van der Waals surface area (Å²) in [5.41, 5.74) is 7.11. The normalized spacial score (nSPS) is 19.2. The number of rotatable bonds is 4. The second kappa shape index (κ2) is 6.79. The van der Waals surface area contributed by atoms with Crippen molar-refractivity contribution in [2.75, 3.05) is 0 Å². The molecule has 2 nitrogen and oxygen atoms in total. The molecular formula is C16H25NO. The Hall–Kier alpha value is -1.02. The van der Waals surface area contributed by atoms with Crippen LogP contribution in [0.5, 0.6) is 5.75 Å². The van der Waals surface area contributed by atoms with Gasteiger partial charge >= 0.3 is 0 Å². The predicted molar refractivity (Wildman–Crippen MR) is 75.9 cm³/mol. The molecule has 0 heterocycles. The first-order valence-corrected chi connectivity index (χ1v) is 7.25. The van der Waals surface area contributed by atoms with Crippen LogP contribution in [0.3, 0.4) is 0 Å². The van der Waals surface area contributed by atoms with Crippen LogP contribution >= 0.6 is 0 Å². The quantitative estimate of drug-likeness (QED) is 0.824. The van der Waals surface area contributed by atoms with E-state index >= 15 is 0 Å². The molecule has 0 aliphatic heterocycles. The van der Waals surface area contributed by atoms with E-state index in [1.807, 2.05) is 6.92 Å². The van der Waals surface area contributed by atoms with Gasteiger partial charge in [0.1, 0.15) is 5.75 Å². The zero-order valence-corrected chi connectivity index (χ0v) is 11.4. The summed E-state index contributed by atoms with van der Waals surface area (Å²) in [6, 6.07) is 8.62. The van der Waals surface area contributed by atoms with E-state index in [4.69, 9.17) is 10.5 Å². The van der Waals surface area contributed by atoms with Crippen LogP contribution in [-0.2, 0) is 6.42 Å².